The highest BCUT2D eigenvalue weighted by Gasteiger charge is 2.30. The van der Waals surface area contributed by atoms with E-state index in [-0.39, 0.29) is 29.5 Å². The number of sulfone groups is 1. The average Bonchev–Trinajstić information content (AvgIpc) is 3.39. The maximum atomic E-state index is 12.8. The molecule has 0 aliphatic carbocycles. The summed E-state index contributed by atoms with van der Waals surface area (Å²) in [5.74, 6) is 0.229. The Morgan fingerprint density at radius 3 is 2.24 bits per heavy atom. The second-order valence-electron chi connectivity index (χ2n) is 8.71. The molecular weight excluding hydrogens is 458 g/mol. The Bertz CT molecular complexity index is 1050. The number of nitrogens with zero attached hydrogens (tertiary/aromatic N) is 2. The maximum Gasteiger partial charge on any atom is 0.263 e. The number of thiophene rings is 1. The molecule has 2 amide bonds. The SMILES string of the molecule is CCS(=O)(=O)c1ccc(N2CCC(NC(=O)C3CCN(C(=O)c4cccs4)CC3)CC2)cc1. The molecule has 178 valence electrons. The van der Waals surface area contributed by atoms with E-state index in [1.54, 1.807) is 19.1 Å². The van der Waals surface area contributed by atoms with Crippen molar-refractivity contribution in [1.29, 1.82) is 0 Å². The molecule has 1 N–H and O–H groups in total. The lowest BCUT2D eigenvalue weighted by molar-refractivity contribution is -0.127. The normalized spacial score (nSPS) is 18.3. The fourth-order valence-electron chi connectivity index (χ4n) is 4.53. The summed E-state index contributed by atoms with van der Waals surface area (Å²) < 4.78 is 24.0. The van der Waals surface area contributed by atoms with E-state index in [0.717, 1.165) is 36.5 Å². The van der Waals surface area contributed by atoms with Crippen LogP contribution in [-0.2, 0) is 14.6 Å². The first-order valence-corrected chi connectivity index (χ1v) is 14.1. The molecule has 1 aromatic heterocycles. The number of hydrogen-bond acceptors (Lipinski definition) is 6. The molecular formula is C24H31N3O4S2. The van der Waals surface area contributed by atoms with Crippen LogP contribution in [0, 0.1) is 5.92 Å². The Labute approximate surface area is 199 Å². The number of likely N-dealkylation sites (tertiary alicyclic amines) is 1. The largest absolute Gasteiger partial charge is 0.371 e. The molecule has 9 heteroatoms. The van der Waals surface area contributed by atoms with Crippen molar-refractivity contribution in [2.45, 2.75) is 43.5 Å². The molecule has 0 bridgehead atoms. The standard InChI is InChI=1S/C24H31N3O4S2/c1-2-33(30,31)21-7-5-20(6-8-21)26-15-11-19(12-16-26)25-23(28)18-9-13-27(14-10-18)24(29)22-4-3-17-32-22/h3-8,17-19H,2,9-16H2,1H3,(H,25,28). The van der Waals surface area contributed by atoms with E-state index in [4.69, 9.17) is 0 Å². The summed E-state index contributed by atoms with van der Waals surface area (Å²) in [6.07, 6.45) is 3.12. The fraction of sp³-hybridized carbons (Fsp3) is 0.500. The molecule has 2 aromatic rings. The lowest BCUT2D eigenvalue weighted by Crippen LogP contribution is -2.48. The molecule has 0 radical (unpaired) electrons. The number of hydrogen-bond donors (Lipinski definition) is 1. The molecule has 7 nitrogen and oxygen atoms in total. The number of nitrogens with one attached hydrogen (secondary N) is 1. The van der Waals surface area contributed by atoms with Crippen LogP contribution in [0.4, 0.5) is 5.69 Å². The first kappa shape index (κ1) is 23.8. The lowest BCUT2D eigenvalue weighted by atomic mass is 9.94. The molecule has 0 atom stereocenters. The summed E-state index contributed by atoms with van der Waals surface area (Å²) in [6, 6.07) is 11.0. The molecule has 33 heavy (non-hydrogen) atoms. The summed E-state index contributed by atoms with van der Waals surface area (Å²) in [4.78, 5) is 30.5. The number of benzene rings is 1. The van der Waals surface area contributed by atoms with Crippen LogP contribution in [0.1, 0.15) is 42.3 Å². The van der Waals surface area contributed by atoms with Crippen molar-refractivity contribution >= 4 is 38.7 Å². The van der Waals surface area contributed by atoms with Crippen molar-refractivity contribution < 1.29 is 18.0 Å². The van der Waals surface area contributed by atoms with Crippen LogP contribution in [0.25, 0.3) is 0 Å². The Hall–Kier alpha value is -2.39. The molecule has 2 aliphatic rings. The minimum atomic E-state index is -3.19. The Morgan fingerprint density at radius 1 is 1.00 bits per heavy atom. The van der Waals surface area contributed by atoms with E-state index in [9.17, 15) is 18.0 Å². The Morgan fingerprint density at radius 2 is 1.67 bits per heavy atom. The Kier molecular flexibility index (Phi) is 7.38. The van der Waals surface area contributed by atoms with Gasteiger partial charge in [0, 0.05) is 43.8 Å². The van der Waals surface area contributed by atoms with Crippen molar-refractivity contribution in [3.8, 4) is 0 Å². The molecule has 3 heterocycles. The van der Waals surface area contributed by atoms with Gasteiger partial charge in [-0.05, 0) is 61.4 Å². The van der Waals surface area contributed by atoms with Crippen LogP contribution < -0.4 is 10.2 Å². The van der Waals surface area contributed by atoms with Crippen LogP contribution in [0.2, 0.25) is 0 Å². The zero-order valence-electron chi connectivity index (χ0n) is 18.9. The number of piperidine rings is 2. The highest BCUT2D eigenvalue weighted by molar-refractivity contribution is 7.91. The molecule has 2 fully saturated rings. The third-order valence-electron chi connectivity index (χ3n) is 6.67. The zero-order chi connectivity index (χ0) is 23.4. The smallest absolute Gasteiger partial charge is 0.263 e. The van der Waals surface area contributed by atoms with E-state index in [1.165, 1.54) is 11.3 Å². The summed E-state index contributed by atoms with van der Waals surface area (Å²) in [6.45, 7) is 4.53. The molecule has 0 unspecified atom stereocenters. The second kappa shape index (κ2) is 10.3. The average molecular weight is 490 g/mol. The fourth-order valence-corrected chi connectivity index (χ4v) is 6.11. The number of rotatable bonds is 6. The van der Waals surface area contributed by atoms with Crippen molar-refractivity contribution in [2.75, 3.05) is 36.8 Å². The van der Waals surface area contributed by atoms with Crippen molar-refractivity contribution in [3.05, 3.63) is 46.7 Å². The van der Waals surface area contributed by atoms with Gasteiger partial charge in [-0.25, -0.2) is 8.42 Å². The molecule has 1 aromatic carbocycles. The molecule has 0 saturated carbocycles. The van der Waals surface area contributed by atoms with E-state index in [0.29, 0.717) is 30.8 Å². The van der Waals surface area contributed by atoms with Gasteiger partial charge in [-0.15, -0.1) is 11.3 Å². The second-order valence-corrected chi connectivity index (χ2v) is 11.9. The van der Waals surface area contributed by atoms with Crippen molar-refractivity contribution in [2.24, 2.45) is 5.92 Å². The predicted molar refractivity (Wildman–Crippen MR) is 130 cm³/mol. The first-order chi connectivity index (χ1) is 15.9. The van der Waals surface area contributed by atoms with Gasteiger partial charge >= 0.3 is 0 Å². The quantitative estimate of drug-likeness (QED) is 0.674. The van der Waals surface area contributed by atoms with Crippen LogP contribution >= 0.6 is 11.3 Å². The van der Waals surface area contributed by atoms with Gasteiger partial charge in [0.15, 0.2) is 9.84 Å². The number of carbonyl (C=O) groups is 2. The highest BCUT2D eigenvalue weighted by Crippen LogP contribution is 2.24. The van der Waals surface area contributed by atoms with Gasteiger partial charge in [-0.2, -0.15) is 0 Å². The van der Waals surface area contributed by atoms with E-state index < -0.39 is 9.84 Å². The van der Waals surface area contributed by atoms with Crippen LogP contribution in [0.5, 0.6) is 0 Å². The molecule has 2 aliphatic heterocycles. The predicted octanol–water partition coefficient (Wildman–Crippen LogP) is 3.18. The van der Waals surface area contributed by atoms with E-state index in [2.05, 4.69) is 10.2 Å². The van der Waals surface area contributed by atoms with Crippen molar-refractivity contribution in [1.82, 2.24) is 10.2 Å². The Balaban J connectivity index is 1.22. The third kappa shape index (κ3) is 5.58. The maximum absolute atomic E-state index is 12.8. The van der Waals surface area contributed by atoms with Gasteiger partial charge in [-0.1, -0.05) is 13.0 Å². The third-order valence-corrected chi connectivity index (χ3v) is 9.28. The zero-order valence-corrected chi connectivity index (χ0v) is 20.5. The number of carbonyl (C=O) groups excluding carboxylic acids is 2. The van der Waals surface area contributed by atoms with Gasteiger partial charge in [0.25, 0.3) is 5.91 Å². The summed E-state index contributed by atoms with van der Waals surface area (Å²) in [5.41, 5.74) is 1.01. The van der Waals surface area contributed by atoms with Crippen LogP contribution in [0.3, 0.4) is 0 Å². The summed E-state index contributed by atoms with van der Waals surface area (Å²) in [5, 5.41) is 5.13. The summed E-state index contributed by atoms with van der Waals surface area (Å²) in [7, 11) is -3.19. The topological polar surface area (TPSA) is 86.8 Å². The monoisotopic (exact) mass is 489 g/mol. The minimum absolute atomic E-state index is 0.0384. The summed E-state index contributed by atoms with van der Waals surface area (Å²) >= 11 is 1.45. The van der Waals surface area contributed by atoms with Gasteiger partial charge in [0.1, 0.15) is 0 Å². The number of anilines is 1. The van der Waals surface area contributed by atoms with Crippen LogP contribution in [0.15, 0.2) is 46.7 Å². The highest BCUT2D eigenvalue weighted by atomic mass is 32.2. The molecule has 4 rings (SSSR count). The van der Waals surface area contributed by atoms with E-state index >= 15 is 0 Å². The lowest BCUT2D eigenvalue weighted by Gasteiger charge is -2.36. The van der Waals surface area contributed by atoms with Gasteiger partial charge in [-0.3, -0.25) is 9.59 Å². The van der Waals surface area contributed by atoms with Gasteiger partial charge < -0.3 is 15.1 Å². The molecule has 0 spiro atoms. The van der Waals surface area contributed by atoms with Crippen LogP contribution in [-0.4, -0.2) is 63.1 Å². The van der Waals surface area contributed by atoms with Gasteiger partial charge in [0.2, 0.25) is 5.91 Å². The van der Waals surface area contributed by atoms with Gasteiger partial charge in [0.05, 0.1) is 15.5 Å². The van der Waals surface area contributed by atoms with E-state index in [1.807, 2.05) is 34.5 Å². The number of amides is 2. The van der Waals surface area contributed by atoms with Crippen molar-refractivity contribution in [3.63, 3.8) is 0 Å². The molecule has 2 saturated heterocycles. The first-order valence-electron chi connectivity index (χ1n) is 11.6. The minimum Gasteiger partial charge on any atom is -0.371 e.